The van der Waals surface area contributed by atoms with Gasteiger partial charge in [-0.05, 0) is 32.6 Å². The van der Waals surface area contributed by atoms with Crippen LogP contribution in [-0.4, -0.2) is 47.3 Å². The van der Waals surface area contributed by atoms with Crippen LogP contribution in [0.5, 0.6) is 0 Å². The smallest absolute Gasteiger partial charge is 0.228 e. The van der Waals surface area contributed by atoms with Crippen molar-refractivity contribution in [1.82, 2.24) is 4.90 Å². The van der Waals surface area contributed by atoms with Gasteiger partial charge >= 0.3 is 0 Å². The predicted octanol–water partition coefficient (Wildman–Crippen LogP) is 1.03. The Kier molecular flexibility index (Phi) is 3.73. The zero-order chi connectivity index (χ0) is 12.6. The predicted molar refractivity (Wildman–Crippen MR) is 64.5 cm³/mol. The molecule has 2 aliphatic heterocycles. The fourth-order valence-corrected chi connectivity index (χ4v) is 3.06. The highest BCUT2D eigenvalue weighted by molar-refractivity contribution is 5.80. The molecular formula is C13H23NO3. The number of carbonyl (C=O) groups is 1. The number of β-amino-alcohol motifs (C(OH)–C–C–N with tert-alkyl or cyclic N) is 1. The van der Waals surface area contributed by atoms with Crippen LogP contribution < -0.4 is 0 Å². The molecule has 2 heterocycles. The average molecular weight is 241 g/mol. The topological polar surface area (TPSA) is 49.8 Å². The van der Waals surface area contributed by atoms with E-state index in [1.807, 2.05) is 18.7 Å². The first-order chi connectivity index (χ1) is 8.00. The summed E-state index contributed by atoms with van der Waals surface area (Å²) in [7, 11) is 0. The highest BCUT2D eigenvalue weighted by Gasteiger charge is 2.43. The molecule has 0 saturated carbocycles. The summed E-state index contributed by atoms with van der Waals surface area (Å²) in [5.74, 6) is 0.375. The van der Waals surface area contributed by atoms with E-state index >= 15 is 0 Å². The molecule has 0 aromatic carbocycles. The lowest BCUT2D eigenvalue weighted by atomic mass is 9.88. The minimum atomic E-state index is -0.349. The SMILES string of the molecule is CC1OC(C)C(C(=O)N2CCC[C@H](O)C2)C1C. The average Bonchev–Trinajstić information content (AvgIpc) is 2.52. The molecule has 0 spiro atoms. The molecule has 2 saturated heterocycles. The molecule has 0 radical (unpaired) electrons. The van der Waals surface area contributed by atoms with E-state index in [9.17, 15) is 9.90 Å². The molecule has 0 aromatic heterocycles. The second-order valence-electron chi connectivity index (χ2n) is 5.51. The first-order valence-corrected chi connectivity index (χ1v) is 6.63. The highest BCUT2D eigenvalue weighted by atomic mass is 16.5. The Morgan fingerprint density at radius 1 is 1.29 bits per heavy atom. The molecule has 98 valence electrons. The Morgan fingerprint density at radius 3 is 2.53 bits per heavy atom. The summed E-state index contributed by atoms with van der Waals surface area (Å²) in [6, 6.07) is 0. The van der Waals surface area contributed by atoms with Crippen LogP contribution in [0.2, 0.25) is 0 Å². The van der Waals surface area contributed by atoms with Gasteiger partial charge < -0.3 is 14.7 Å². The molecule has 0 aliphatic carbocycles. The number of aliphatic hydroxyl groups excluding tert-OH is 1. The normalized spacial score (nSPS) is 42.8. The lowest BCUT2D eigenvalue weighted by Gasteiger charge is -2.33. The number of likely N-dealkylation sites (tertiary alicyclic amines) is 1. The van der Waals surface area contributed by atoms with Gasteiger partial charge in [-0.15, -0.1) is 0 Å². The molecule has 4 nitrogen and oxygen atoms in total. The van der Waals surface area contributed by atoms with Crippen molar-refractivity contribution in [3.05, 3.63) is 0 Å². The second-order valence-corrected chi connectivity index (χ2v) is 5.51. The van der Waals surface area contributed by atoms with E-state index in [1.165, 1.54) is 0 Å². The van der Waals surface area contributed by atoms with E-state index in [4.69, 9.17) is 4.74 Å². The number of amides is 1. The van der Waals surface area contributed by atoms with Gasteiger partial charge in [-0.3, -0.25) is 4.79 Å². The summed E-state index contributed by atoms with van der Waals surface area (Å²) in [6.07, 6.45) is 1.50. The van der Waals surface area contributed by atoms with Gasteiger partial charge in [0, 0.05) is 13.1 Å². The maximum atomic E-state index is 12.4. The van der Waals surface area contributed by atoms with E-state index in [-0.39, 0.29) is 36.1 Å². The Hall–Kier alpha value is -0.610. The van der Waals surface area contributed by atoms with Crippen molar-refractivity contribution in [2.24, 2.45) is 11.8 Å². The van der Waals surface area contributed by atoms with Gasteiger partial charge in [0.05, 0.1) is 24.2 Å². The van der Waals surface area contributed by atoms with Gasteiger partial charge in [0.25, 0.3) is 0 Å². The standard InChI is InChI=1S/C13H23NO3/c1-8-9(2)17-10(3)12(8)13(16)14-6-4-5-11(15)7-14/h8-12,15H,4-7H2,1-3H3/t8?,9?,10?,11-,12?/m0/s1. The third-order valence-corrected chi connectivity index (χ3v) is 4.24. The van der Waals surface area contributed by atoms with Crippen molar-refractivity contribution in [1.29, 1.82) is 0 Å². The maximum Gasteiger partial charge on any atom is 0.228 e. The van der Waals surface area contributed by atoms with E-state index in [2.05, 4.69) is 6.92 Å². The van der Waals surface area contributed by atoms with E-state index in [0.29, 0.717) is 6.54 Å². The van der Waals surface area contributed by atoms with E-state index in [1.54, 1.807) is 0 Å². The number of ether oxygens (including phenoxy) is 1. The number of rotatable bonds is 1. The maximum absolute atomic E-state index is 12.4. The van der Waals surface area contributed by atoms with Crippen molar-refractivity contribution >= 4 is 5.91 Å². The third kappa shape index (κ3) is 2.47. The number of hydrogen-bond donors (Lipinski definition) is 1. The summed E-state index contributed by atoms with van der Waals surface area (Å²) in [4.78, 5) is 14.3. The second kappa shape index (κ2) is 4.94. The highest BCUT2D eigenvalue weighted by Crippen LogP contribution is 2.34. The van der Waals surface area contributed by atoms with Crippen LogP contribution in [0.15, 0.2) is 0 Å². The molecule has 1 amide bonds. The number of carbonyl (C=O) groups excluding carboxylic acids is 1. The van der Waals surface area contributed by atoms with Crippen LogP contribution in [0.4, 0.5) is 0 Å². The molecule has 2 fully saturated rings. The lowest BCUT2D eigenvalue weighted by Crippen LogP contribution is -2.47. The third-order valence-electron chi connectivity index (χ3n) is 4.24. The summed E-state index contributed by atoms with van der Waals surface area (Å²) in [6.45, 7) is 7.35. The van der Waals surface area contributed by atoms with Gasteiger partial charge in [-0.1, -0.05) is 6.92 Å². The zero-order valence-corrected chi connectivity index (χ0v) is 10.9. The van der Waals surface area contributed by atoms with Gasteiger partial charge in [0.2, 0.25) is 5.91 Å². The van der Waals surface area contributed by atoms with Gasteiger partial charge in [0.1, 0.15) is 0 Å². The minimum Gasteiger partial charge on any atom is -0.391 e. The molecule has 2 rings (SSSR count). The fraction of sp³-hybridized carbons (Fsp3) is 0.923. The van der Waals surface area contributed by atoms with Crippen LogP contribution in [0.3, 0.4) is 0 Å². The van der Waals surface area contributed by atoms with Gasteiger partial charge in [-0.2, -0.15) is 0 Å². The summed E-state index contributed by atoms with van der Waals surface area (Å²) in [5, 5.41) is 9.63. The van der Waals surface area contributed by atoms with Gasteiger partial charge in [-0.25, -0.2) is 0 Å². The molecule has 17 heavy (non-hydrogen) atoms. The fourth-order valence-electron chi connectivity index (χ4n) is 3.06. The zero-order valence-electron chi connectivity index (χ0n) is 10.9. The van der Waals surface area contributed by atoms with Crippen molar-refractivity contribution in [2.45, 2.75) is 51.9 Å². The van der Waals surface area contributed by atoms with E-state index < -0.39 is 0 Å². The van der Waals surface area contributed by atoms with Crippen LogP contribution in [0, 0.1) is 11.8 Å². The summed E-state index contributed by atoms with van der Waals surface area (Å²) in [5.41, 5.74) is 0. The number of aliphatic hydroxyl groups is 1. The number of hydrogen-bond acceptors (Lipinski definition) is 3. The Balaban J connectivity index is 2.04. The first kappa shape index (κ1) is 12.8. The molecular weight excluding hydrogens is 218 g/mol. The number of piperidine rings is 1. The molecule has 4 unspecified atom stereocenters. The first-order valence-electron chi connectivity index (χ1n) is 6.63. The molecule has 2 aliphatic rings. The van der Waals surface area contributed by atoms with Crippen molar-refractivity contribution in [3.8, 4) is 0 Å². The molecule has 0 aromatic rings. The summed E-state index contributed by atoms with van der Waals surface area (Å²) >= 11 is 0. The quantitative estimate of drug-likeness (QED) is 0.746. The molecule has 0 bridgehead atoms. The molecule has 4 heteroatoms. The van der Waals surface area contributed by atoms with Crippen molar-refractivity contribution in [2.75, 3.05) is 13.1 Å². The Morgan fingerprint density at radius 2 is 2.00 bits per heavy atom. The van der Waals surface area contributed by atoms with E-state index in [0.717, 1.165) is 19.4 Å². The largest absolute Gasteiger partial charge is 0.391 e. The molecule has 1 N–H and O–H groups in total. The minimum absolute atomic E-state index is 0.00781. The van der Waals surface area contributed by atoms with Crippen molar-refractivity contribution in [3.63, 3.8) is 0 Å². The molecule has 5 atom stereocenters. The summed E-state index contributed by atoms with van der Waals surface area (Å²) < 4.78 is 5.71. The monoisotopic (exact) mass is 241 g/mol. The van der Waals surface area contributed by atoms with Crippen LogP contribution in [-0.2, 0) is 9.53 Å². The Labute approximate surface area is 103 Å². The van der Waals surface area contributed by atoms with Gasteiger partial charge in [0.15, 0.2) is 0 Å². The Bertz CT molecular complexity index is 294. The van der Waals surface area contributed by atoms with Crippen LogP contribution in [0.25, 0.3) is 0 Å². The number of nitrogens with zero attached hydrogens (tertiary/aromatic N) is 1. The van der Waals surface area contributed by atoms with Crippen LogP contribution >= 0.6 is 0 Å². The van der Waals surface area contributed by atoms with Crippen LogP contribution in [0.1, 0.15) is 33.6 Å². The van der Waals surface area contributed by atoms with Crippen molar-refractivity contribution < 1.29 is 14.6 Å². The lowest BCUT2D eigenvalue weighted by molar-refractivity contribution is -0.141.